The molecule has 0 saturated carbocycles. The van der Waals surface area contributed by atoms with E-state index in [1.807, 2.05) is 0 Å². The quantitative estimate of drug-likeness (QED) is 0.0798. The van der Waals surface area contributed by atoms with E-state index in [-0.39, 0.29) is 56.1 Å². The highest BCUT2D eigenvalue weighted by Gasteiger charge is 2.22. The molecule has 2 atom stereocenters. The average Bonchev–Trinajstić information content (AvgIpc) is 3.68. The fourth-order valence-corrected chi connectivity index (χ4v) is 5.76. The first kappa shape index (κ1) is 35.3. The molecule has 0 aliphatic carbocycles. The van der Waals surface area contributed by atoms with Gasteiger partial charge in [-0.25, -0.2) is 23.2 Å². The number of hydrogen-bond donors (Lipinski definition) is 5. The van der Waals surface area contributed by atoms with Crippen molar-refractivity contribution in [1.29, 1.82) is 0 Å². The van der Waals surface area contributed by atoms with Crippen molar-refractivity contribution in [2.24, 2.45) is 16.8 Å². The summed E-state index contributed by atoms with van der Waals surface area (Å²) >= 11 is 0.918. The van der Waals surface area contributed by atoms with Gasteiger partial charge in [0.1, 0.15) is 43.0 Å². The second kappa shape index (κ2) is 16.3. The van der Waals surface area contributed by atoms with E-state index >= 15 is 0 Å². The lowest BCUT2D eigenvalue weighted by atomic mass is 10.0. The summed E-state index contributed by atoms with van der Waals surface area (Å²) < 4.78 is 41.6. The van der Waals surface area contributed by atoms with Crippen molar-refractivity contribution in [3.05, 3.63) is 59.9 Å². The normalized spacial score (nSPS) is 12.8. The van der Waals surface area contributed by atoms with Gasteiger partial charge in [0.25, 0.3) is 10.0 Å². The Balaban J connectivity index is 1.20. The fraction of sp³-hybridized carbons (Fsp3) is 0.357. The topological polar surface area (TPSA) is 261 Å². The minimum Gasteiger partial charge on any atom is -0.492 e. The van der Waals surface area contributed by atoms with E-state index in [1.165, 1.54) is 10.9 Å². The monoisotopic (exact) mass is 691 g/mol. The Bertz CT molecular complexity index is 1810. The largest absolute Gasteiger partial charge is 0.492 e. The molecule has 4 aromatic rings. The van der Waals surface area contributed by atoms with E-state index < -0.39 is 40.5 Å². The summed E-state index contributed by atoms with van der Waals surface area (Å²) in [6.07, 6.45) is 1.22. The highest BCUT2D eigenvalue weighted by atomic mass is 32.2. The van der Waals surface area contributed by atoms with Gasteiger partial charge in [-0.05, 0) is 35.9 Å². The van der Waals surface area contributed by atoms with Crippen molar-refractivity contribution in [1.82, 2.24) is 25.3 Å². The molecule has 0 saturated heterocycles. The maximum absolute atomic E-state index is 12.7. The van der Waals surface area contributed by atoms with Gasteiger partial charge in [0.2, 0.25) is 10.2 Å². The number of carbonyl (C=O) groups is 3. The number of ether oxygens (including phenoxy) is 3. The van der Waals surface area contributed by atoms with Crippen LogP contribution in [0.25, 0.3) is 10.2 Å². The molecular weight excluding hydrogens is 658 g/mol. The number of aliphatic hydroxyl groups excluding tert-OH is 1. The number of thiazole rings is 1. The Morgan fingerprint density at radius 3 is 2.62 bits per heavy atom. The number of rotatable bonds is 19. The van der Waals surface area contributed by atoms with Crippen LogP contribution in [0.4, 0.5) is 0 Å². The molecule has 4 rings (SSSR count). The van der Waals surface area contributed by atoms with E-state index in [1.54, 1.807) is 42.5 Å². The van der Waals surface area contributed by atoms with Gasteiger partial charge in [-0.3, -0.25) is 14.4 Å². The number of hydrogen-bond acceptors (Lipinski definition) is 14. The number of fused-ring (bicyclic) bond motifs is 1. The third-order valence-corrected chi connectivity index (χ3v) is 8.75. The minimum absolute atomic E-state index is 0.00821. The van der Waals surface area contributed by atoms with Crippen molar-refractivity contribution in [3.8, 4) is 11.5 Å². The molecule has 2 aromatic carbocycles. The smallest absolute Gasteiger partial charge is 0.309 e. The molecule has 252 valence electrons. The first-order chi connectivity index (χ1) is 22.4. The second-order valence-electron chi connectivity index (χ2n) is 10.2. The van der Waals surface area contributed by atoms with Crippen LogP contribution in [0.5, 0.6) is 11.5 Å². The second-order valence-corrected chi connectivity index (χ2v) is 13.0. The van der Waals surface area contributed by atoms with Crippen LogP contribution < -0.4 is 25.7 Å². The predicted molar refractivity (Wildman–Crippen MR) is 166 cm³/mol. The number of Topliss-reactive ketones (excluding diaryl/α,β-unsaturated/α-hetero) is 1. The number of primary sulfonamides is 1. The summed E-state index contributed by atoms with van der Waals surface area (Å²) in [5.41, 5.74) is 7.01. The molecule has 7 N–H and O–H groups in total. The molecule has 0 bridgehead atoms. The van der Waals surface area contributed by atoms with Crippen LogP contribution >= 0.6 is 11.3 Å². The Morgan fingerprint density at radius 2 is 1.87 bits per heavy atom. The molecule has 0 aliphatic rings. The SMILES string of the molecule is NC(CO)C(=O)NCCOc1cccc(COCC(CC(=O)Cn2cc(COc3ccc4nc(S(N)(=O)=O)sc4c3)nn2)C(=O)O)c1. The maximum Gasteiger partial charge on any atom is 0.309 e. The number of aliphatic carboxylic acids is 1. The van der Waals surface area contributed by atoms with Crippen LogP contribution in [-0.2, 0) is 48.9 Å². The first-order valence-electron chi connectivity index (χ1n) is 14.0. The Hall–Kier alpha value is -4.53. The average molecular weight is 692 g/mol. The van der Waals surface area contributed by atoms with Crippen molar-refractivity contribution in [2.75, 3.05) is 26.4 Å². The molecular formula is C28H33N7O10S2. The molecule has 2 aromatic heterocycles. The number of nitrogens with one attached hydrogen (secondary N) is 1. The zero-order valence-corrected chi connectivity index (χ0v) is 26.5. The summed E-state index contributed by atoms with van der Waals surface area (Å²) in [6.45, 7) is -0.441. The third kappa shape index (κ3) is 10.8. The number of benzene rings is 2. The molecule has 0 radical (unpaired) electrons. The summed E-state index contributed by atoms with van der Waals surface area (Å²) in [5.74, 6) is -2.20. The van der Waals surface area contributed by atoms with Crippen molar-refractivity contribution < 1.29 is 47.2 Å². The lowest BCUT2D eigenvalue weighted by molar-refractivity contribution is -0.146. The lowest BCUT2D eigenvalue weighted by Crippen LogP contribution is -2.44. The lowest BCUT2D eigenvalue weighted by Gasteiger charge is -2.13. The van der Waals surface area contributed by atoms with Gasteiger partial charge in [-0.1, -0.05) is 17.3 Å². The predicted octanol–water partition coefficient (Wildman–Crippen LogP) is -0.194. The minimum atomic E-state index is -3.92. The highest BCUT2D eigenvalue weighted by molar-refractivity contribution is 7.91. The number of nitrogens with two attached hydrogens (primary N) is 2. The number of sulfonamides is 1. The zero-order valence-electron chi connectivity index (χ0n) is 24.9. The number of aliphatic hydroxyl groups is 1. The Kier molecular flexibility index (Phi) is 12.3. The summed E-state index contributed by atoms with van der Waals surface area (Å²) in [4.78, 5) is 40.0. The van der Waals surface area contributed by atoms with Gasteiger partial charge in [0.15, 0.2) is 5.78 Å². The van der Waals surface area contributed by atoms with E-state index in [0.29, 0.717) is 33.0 Å². The highest BCUT2D eigenvalue weighted by Crippen LogP contribution is 2.28. The number of carboxylic acid groups (broad SMARTS) is 1. The van der Waals surface area contributed by atoms with E-state index in [9.17, 15) is 27.9 Å². The van der Waals surface area contributed by atoms with E-state index in [0.717, 1.165) is 11.3 Å². The van der Waals surface area contributed by atoms with Crippen molar-refractivity contribution in [3.63, 3.8) is 0 Å². The number of aromatic nitrogens is 4. The van der Waals surface area contributed by atoms with Gasteiger partial charge >= 0.3 is 5.97 Å². The molecule has 2 unspecified atom stereocenters. The fourth-order valence-electron chi connectivity index (χ4n) is 4.07. The van der Waals surface area contributed by atoms with Crippen LogP contribution in [0.2, 0.25) is 0 Å². The molecule has 47 heavy (non-hydrogen) atoms. The molecule has 0 aliphatic heterocycles. The molecule has 1 amide bonds. The molecule has 0 fully saturated rings. The standard InChI is InChI=1S/C28H33N7O10S2/c29-23(13-36)26(38)31-6-7-44-21-3-1-2-17(8-21)14-43-15-18(27(39)40)9-20(37)12-35-11-19(33-34-35)16-45-22-4-5-24-25(10-22)46-28(32-24)47(30,41)42/h1-5,8,10-11,18,23,36H,6-7,9,12-16,29H2,(H,31,38)(H,39,40)(H2,30,41,42). The van der Waals surface area contributed by atoms with E-state index in [4.69, 9.17) is 30.2 Å². The zero-order chi connectivity index (χ0) is 34.0. The molecule has 2 heterocycles. The Labute approximate surface area is 272 Å². The summed E-state index contributed by atoms with van der Waals surface area (Å²) in [5, 5.41) is 34.1. The van der Waals surface area contributed by atoms with Crippen LogP contribution in [0.1, 0.15) is 17.7 Å². The number of carbonyl (C=O) groups excluding carboxylic acids is 2. The number of nitrogens with zero attached hydrogens (tertiary/aromatic N) is 4. The van der Waals surface area contributed by atoms with Crippen LogP contribution in [-0.4, -0.2) is 88.7 Å². The molecule has 0 spiro atoms. The van der Waals surface area contributed by atoms with Crippen LogP contribution in [0.15, 0.2) is 53.0 Å². The number of ketones is 1. The van der Waals surface area contributed by atoms with Crippen LogP contribution in [0, 0.1) is 5.92 Å². The van der Waals surface area contributed by atoms with Crippen molar-refractivity contribution >= 4 is 49.2 Å². The summed E-state index contributed by atoms with van der Waals surface area (Å²) in [7, 11) is -3.92. The molecule has 17 nitrogen and oxygen atoms in total. The number of carboxylic acids is 1. The summed E-state index contributed by atoms with van der Waals surface area (Å²) in [6, 6.07) is 10.8. The van der Waals surface area contributed by atoms with Gasteiger partial charge in [0, 0.05) is 6.42 Å². The Morgan fingerprint density at radius 1 is 1.09 bits per heavy atom. The maximum atomic E-state index is 12.7. The first-order valence-corrected chi connectivity index (χ1v) is 16.4. The van der Waals surface area contributed by atoms with E-state index in [2.05, 4.69) is 20.6 Å². The van der Waals surface area contributed by atoms with Gasteiger partial charge in [0.05, 0.1) is 48.7 Å². The van der Waals surface area contributed by atoms with Crippen molar-refractivity contribution in [2.45, 2.75) is 36.6 Å². The van der Waals surface area contributed by atoms with Gasteiger partial charge in [-0.2, -0.15) is 0 Å². The van der Waals surface area contributed by atoms with Crippen LogP contribution in [0.3, 0.4) is 0 Å². The third-order valence-electron chi connectivity index (χ3n) is 6.41. The molecule has 19 heteroatoms. The number of amides is 1. The van der Waals surface area contributed by atoms with Gasteiger partial charge < -0.3 is 35.5 Å². The van der Waals surface area contributed by atoms with Gasteiger partial charge in [-0.15, -0.1) is 16.4 Å².